The van der Waals surface area contributed by atoms with Gasteiger partial charge in [0, 0.05) is 17.2 Å². The number of methoxy groups -OCH3 is 1. The molecule has 0 spiro atoms. The zero-order chi connectivity index (χ0) is 30.7. The number of carbonyl (C=O) groups is 1. The van der Waals surface area contributed by atoms with Crippen LogP contribution in [0, 0.1) is 10.1 Å². The number of thiazole rings is 1. The summed E-state index contributed by atoms with van der Waals surface area (Å²) in [6.07, 6.45) is 1.72. The molecular formula is C31H26ClN3O7S. The van der Waals surface area contributed by atoms with E-state index in [0.717, 1.165) is 5.56 Å². The molecule has 0 saturated carbocycles. The van der Waals surface area contributed by atoms with E-state index in [1.165, 1.54) is 35.1 Å². The van der Waals surface area contributed by atoms with E-state index in [9.17, 15) is 19.7 Å². The molecule has 2 heterocycles. The first kappa shape index (κ1) is 29.7. The number of rotatable bonds is 9. The van der Waals surface area contributed by atoms with E-state index in [1.807, 2.05) is 0 Å². The van der Waals surface area contributed by atoms with E-state index >= 15 is 0 Å². The van der Waals surface area contributed by atoms with Gasteiger partial charge in [0.25, 0.3) is 11.2 Å². The summed E-state index contributed by atoms with van der Waals surface area (Å²) in [4.78, 5) is 42.4. The van der Waals surface area contributed by atoms with Crippen molar-refractivity contribution in [1.29, 1.82) is 0 Å². The molecule has 220 valence electrons. The molecule has 10 nitrogen and oxygen atoms in total. The van der Waals surface area contributed by atoms with Crippen LogP contribution in [0.1, 0.15) is 36.6 Å². The molecule has 0 aliphatic carbocycles. The van der Waals surface area contributed by atoms with Crippen molar-refractivity contribution in [3.8, 4) is 11.5 Å². The quantitative estimate of drug-likeness (QED) is 0.148. The van der Waals surface area contributed by atoms with Crippen LogP contribution in [0.25, 0.3) is 6.08 Å². The summed E-state index contributed by atoms with van der Waals surface area (Å²) in [6, 6.07) is 17.6. The van der Waals surface area contributed by atoms with Crippen LogP contribution in [0.2, 0.25) is 5.02 Å². The van der Waals surface area contributed by atoms with Gasteiger partial charge in [-0.15, -0.1) is 0 Å². The van der Waals surface area contributed by atoms with Gasteiger partial charge in [-0.2, -0.15) is 0 Å². The van der Waals surface area contributed by atoms with Crippen molar-refractivity contribution in [2.24, 2.45) is 4.99 Å². The number of non-ortho nitro benzene ring substituents is 1. The van der Waals surface area contributed by atoms with Gasteiger partial charge in [0.1, 0.15) is 12.6 Å². The molecular weight excluding hydrogens is 594 g/mol. The summed E-state index contributed by atoms with van der Waals surface area (Å²) in [5.74, 6) is 0.350. The average Bonchev–Trinajstić information content (AvgIpc) is 3.30. The Balaban J connectivity index is 1.51. The summed E-state index contributed by atoms with van der Waals surface area (Å²) in [7, 11) is 1.51. The molecule has 1 atom stereocenters. The van der Waals surface area contributed by atoms with Crippen LogP contribution in [0.4, 0.5) is 5.69 Å². The minimum atomic E-state index is -0.809. The molecule has 1 aliphatic heterocycles. The maximum Gasteiger partial charge on any atom is 0.338 e. The number of fused-ring (bicyclic) bond motifs is 1. The molecule has 0 radical (unpaired) electrons. The molecule has 0 saturated heterocycles. The number of nitro benzene ring substituents is 1. The Morgan fingerprint density at radius 1 is 1.14 bits per heavy atom. The highest BCUT2D eigenvalue weighted by molar-refractivity contribution is 7.07. The lowest BCUT2D eigenvalue weighted by atomic mass is 9.96. The lowest BCUT2D eigenvalue weighted by Gasteiger charge is -2.25. The fraction of sp³-hybridized carbons (Fsp3) is 0.194. The van der Waals surface area contributed by atoms with Crippen LogP contribution in [-0.4, -0.2) is 29.2 Å². The average molecular weight is 620 g/mol. The van der Waals surface area contributed by atoms with Crippen molar-refractivity contribution in [1.82, 2.24) is 4.57 Å². The van der Waals surface area contributed by atoms with E-state index in [-0.39, 0.29) is 30.0 Å². The Bertz CT molecular complexity index is 1930. The van der Waals surface area contributed by atoms with Gasteiger partial charge in [0.05, 0.1) is 34.4 Å². The Morgan fingerprint density at radius 3 is 2.56 bits per heavy atom. The van der Waals surface area contributed by atoms with E-state index in [2.05, 4.69) is 4.99 Å². The van der Waals surface area contributed by atoms with Crippen molar-refractivity contribution < 1.29 is 23.9 Å². The van der Waals surface area contributed by atoms with Gasteiger partial charge in [0.15, 0.2) is 16.3 Å². The van der Waals surface area contributed by atoms with Crippen LogP contribution in [-0.2, 0) is 16.1 Å². The maximum atomic E-state index is 13.9. The highest BCUT2D eigenvalue weighted by Crippen LogP contribution is 2.34. The lowest BCUT2D eigenvalue weighted by Crippen LogP contribution is -2.40. The number of carbonyl (C=O) groups excluding carboxylic acids is 1. The number of nitro groups is 1. The summed E-state index contributed by atoms with van der Waals surface area (Å²) in [5, 5.41) is 11.3. The first-order valence-corrected chi connectivity index (χ1v) is 14.4. The lowest BCUT2D eigenvalue weighted by molar-refractivity contribution is -0.384. The van der Waals surface area contributed by atoms with E-state index < -0.39 is 16.9 Å². The van der Waals surface area contributed by atoms with Gasteiger partial charge >= 0.3 is 5.97 Å². The highest BCUT2D eigenvalue weighted by Gasteiger charge is 2.34. The summed E-state index contributed by atoms with van der Waals surface area (Å²) < 4.78 is 18.6. The minimum absolute atomic E-state index is 0.00132. The number of benzene rings is 3. The van der Waals surface area contributed by atoms with Crippen LogP contribution < -0.4 is 24.4 Å². The van der Waals surface area contributed by atoms with Crippen molar-refractivity contribution in [2.45, 2.75) is 26.5 Å². The first-order valence-electron chi connectivity index (χ1n) is 13.2. The standard InChI is InChI=1S/C31H26ClN3O7S/c1-4-41-30(37)27-18(2)33-31-34(28(27)22-7-5-6-8-23(22)32)29(36)26(43-31)16-20-11-14-24(25(15-20)40-3)42-17-19-9-12-21(13-10-19)35(38)39/h5-16,28H,4,17H2,1-3H3/b26-16-/t28-/m0/s1. The Labute approximate surface area is 254 Å². The molecule has 4 aromatic rings. The number of hydrogen-bond donors (Lipinski definition) is 0. The second-order valence-electron chi connectivity index (χ2n) is 9.45. The molecule has 0 N–H and O–H groups in total. The zero-order valence-corrected chi connectivity index (χ0v) is 25.0. The third-order valence-corrected chi connectivity index (χ3v) is 8.07. The van der Waals surface area contributed by atoms with Gasteiger partial charge in [0.2, 0.25) is 0 Å². The number of esters is 1. The monoisotopic (exact) mass is 619 g/mol. The SMILES string of the molecule is CCOC(=O)C1=C(C)N=c2s/c(=C\c3ccc(OCc4ccc([N+](=O)[O-])cc4)c(OC)c3)c(=O)n2[C@H]1c1ccccc1Cl. The van der Waals surface area contributed by atoms with Gasteiger partial charge in [-0.3, -0.25) is 19.5 Å². The summed E-state index contributed by atoms with van der Waals surface area (Å²) in [5.41, 5.74) is 2.40. The number of halogens is 1. The van der Waals surface area contributed by atoms with Crippen LogP contribution in [0.5, 0.6) is 11.5 Å². The second-order valence-corrected chi connectivity index (χ2v) is 10.9. The predicted octanol–water partition coefficient (Wildman–Crippen LogP) is 4.95. The van der Waals surface area contributed by atoms with Gasteiger partial charge in [-0.05, 0) is 66.9 Å². The van der Waals surface area contributed by atoms with Crippen molar-refractivity contribution in [3.63, 3.8) is 0 Å². The summed E-state index contributed by atoms with van der Waals surface area (Å²) >= 11 is 7.76. The molecule has 1 aromatic heterocycles. The van der Waals surface area contributed by atoms with E-state index in [1.54, 1.807) is 74.5 Å². The van der Waals surface area contributed by atoms with E-state index in [4.69, 9.17) is 25.8 Å². The topological polar surface area (TPSA) is 122 Å². The third-order valence-electron chi connectivity index (χ3n) is 6.74. The molecule has 0 amide bonds. The largest absolute Gasteiger partial charge is 0.493 e. The van der Waals surface area contributed by atoms with Crippen molar-refractivity contribution in [3.05, 3.63) is 130 Å². The van der Waals surface area contributed by atoms with Gasteiger partial charge in [-0.1, -0.05) is 47.2 Å². The zero-order valence-electron chi connectivity index (χ0n) is 23.4. The Hall–Kier alpha value is -4.74. The molecule has 43 heavy (non-hydrogen) atoms. The highest BCUT2D eigenvalue weighted by atomic mass is 35.5. The number of ether oxygens (including phenoxy) is 3. The molecule has 0 unspecified atom stereocenters. The van der Waals surface area contributed by atoms with Crippen LogP contribution in [0.3, 0.4) is 0 Å². The van der Waals surface area contributed by atoms with Crippen LogP contribution in [0.15, 0.2) is 87.8 Å². The normalized spacial score (nSPS) is 14.6. The third kappa shape index (κ3) is 6.08. The fourth-order valence-electron chi connectivity index (χ4n) is 4.70. The molecule has 12 heteroatoms. The maximum absolute atomic E-state index is 13.9. The molecule has 5 rings (SSSR count). The van der Waals surface area contributed by atoms with Crippen LogP contribution >= 0.6 is 22.9 Å². The summed E-state index contributed by atoms with van der Waals surface area (Å²) in [6.45, 7) is 3.78. The van der Waals surface area contributed by atoms with Gasteiger partial charge in [-0.25, -0.2) is 9.79 Å². The number of nitrogens with zero attached hydrogens (tertiary/aromatic N) is 3. The number of aromatic nitrogens is 1. The smallest absolute Gasteiger partial charge is 0.338 e. The second kappa shape index (κ2) is 12.6. The Morgan fingerprint density at radius 2 is 1.88 bits per heavy atom. The number of hydrogen-bond acceptors (Lipinski definition) is 9. The van der Waals surface area contributed by atoms with Crippen molar-refractivity contribution in [2.75, 3.05) is 13.7 Å². The van der Waals surface area contributed by atoms with E-state index in [0.29, 0.717) is 42.7 Å². The first-order chi connectivity index (χ1) is 20.7. The molecule has 0 fully saturated rings. The molecule has 1 aliphatic rings. The molecule has 0 bridgehead atoms. The predicted molar refractivity (Wildman–Crippen MR) is 162 cm³/mol. The molecule has 3 aromatic carbocycles. The fourth-order valence-corrected chi connectivity index (χ4v) is 5.99. The number of allylic oxidation sites excluding steroid dienone is 1. The Kier molecular flexibility index (Phi) is 8.74. The van der Waals surface area contributed by atoms with Gasteiger partial charge < -0.3 is 14.2 Å². The minimum Gasteiger partial charge on any atom is -0.493 e. The van der Waals surface area contributed by atoms with Crippen molar-refractivity contribution >= 4 is 40.7 Å².